The summed E-state index contributed by atoms with van der Waals surface area (Å²) in [7, 11) is 1.54. The molecule has 1 heterocycles. The lowest BCUT2D eigenvalue weighted by Gasteiger charge is -2.13. The summed E-state index contributed by atoms with van der Waals surface area (Å²) in [6.45, 7) is 1.55. The van der Waals surface area contributed by atoms with E-state index in [1.54, 1.807) is 6.07 Å². The van der Waals surface area contributed by atoms with Crippen molar-refractivity contribution in [2.45, 2.75) is 26.2 Å². The molecule has 0 saturated carbocycles. The molecule has 0 radical (unpaired) electrons. The van der Waals surface area contributed by atoms with E-state index in [2.05, 4.69) is 10.3 Å². The van der Waals surface area contributed by atoms with Gasteiger partial charge in [-0.15, -0.1) is 0 Å². The van der Waals surface area contributed by atoms with E-state index in [0.29, 0.717) is 17.0 Å². The van der Waals surface area contributed by atoms with Crippen molar-refractivity contribution in [3.8, 4) is 5.75 Å². The van der Waals surface area contributed by atoms with Crippen molar-refractivity contribution in [1.29, 1.82) is 0 Å². The molecule has 1 aliphatic rings. The number of carbonyl (C=O) groups excluding carboxylic acids is 2. The van der Waals surface area contributed by atoms with Gasteiger partial charge in [-0.25, -0.2) is 4.79 Å². The van der Waals surface area contributed by atoms with E-state index >= 15 is 0 Å². The molecule has 0 unspecified atom stereocenters. The van der Waals surface area contributed by atoms with Gasteiger partial charge in [0.2, 0.25) is 0 Å². The summed E-state index contributed by atoms with van der Waals surface area (Å²) in [5, 5.41) is 3.51. The molecule has 0 atom stereocenters. The van der Waals surface area contributed by atoms with Crippen LogP contribution >= 0.6 is 0 Å². The number of esters is 1. The van der Waals surface area contributed by atoms with Crippen LogP contribution in [0.2, 0.25) is 0 Å². The number of nitrogens with one attached hydrogen (secondary N) is 1. The maximum absolute atomic E-state index is 12.9. The summed E-state index contributed by atoms with van der Waals surface area (Å²) >= 11 is 0. The standard InChI is InChI=1S/C23H22N2O4/c1-14-10-11-20(28-2)19(12-14)25-21(26)13-29-23(27)22-15-6-3-4-8-17(15)24-18-9-5-7-16(18)22/h3-4,6,8,10-12H,5,7,9,13H2,1-2H3,(H,25,26). The van der Waals surface area contributed by atoms with Crippen molar-refractivity contribution in [2.75, 3.05) is 19.0 Å². The highest BCUT2D eigenvalue weighted by molar-refractivity contribution is 6.06. The first-order valence-electron chi connectivity index (χ1n) is 9.59. The van der Waals surface area contributed by atoms with Crippen LogP contribution in [0.1, 0.15) is 33.6 Å². The monoisotopic (exact) mass is 390 g/mol. The molecule has 1 aromatic heterocycles. The second-order valence-electron chi connectivity index (χ2n) is 7.11. The van der Waals surface area contributed by atoms with E-state index in [0.717, 1.165) is 47.0 Å². The molecule has 1 aliphatic carbocycles. The first kappa shape index (κ1) is 18.9. The lowest BCUT2D eigenvalue weighted by Crippen LogP contribution is -2.22. The number of methoxy groups -OCH3 is 1. The van der Waals surface area contributed by atoms with Crippen LogP contribution in [0.3, 0.4) is 0 Å². The summed E-state index contributed by atoms with van der Waals surface area (Å²) in [6, 6.07) is 13.0. The molecule has 0 aliphatic heterocycles. The predicted molar refractivity (Wildman–Crippen MR) is 110 cm³/mol. The predicted octanol–water partition coefficient (Wildman–Crippen LogP) is 3.84. The van der Waals surface area contributed by atoms with Crippen LogP contribution in [0.25, 0.3) is 10.9 Å². The van der Waals surface area contributed by atoms with Crippen LogP contribution in [0.4, 0.5) is 5.69 Å². The quantitative estimate of drug-likeness (QED) is 0.670. The molecular formula is C23H22N2O4. The SMILES string of the molecule is COc1ccc(C)cc1NC(=O)COC(=O)c1c2c(nc3ccccc13)CCC2. The number of nitrogens with zero attached hydrogens (tertiary/aromatic N) is 1. The summed E-state index contributed by atoms with van der Waals surface area (Å²) < 4.78 is 10.6. The molecular weight excluding hydrogens is 368 g/mol. The molecule has 1 amide bonds. The van der Waals surface area contributed by atoms with Gasteiger partial charge in [0.15, 0.2) is 6.61 Å². The van der Waals surface area contributed by atoms with Gasteiger partial charge in [0.25, 0.3) is 5.91 Å². The molecule has 2 aromatic carbocycles. The number of benzene rings is 2. The van der Waals surface area contributed by atoms with Crippen LogP contribution in [-0.4, -0.2) is 30.6 Å². The highest BCUT2D eigenvalue weighted by Crippen LogP contribution is 2.30. The van der Waals surface area contributed by atoms with Crippen molar-refractivity contribution in [2.24, 2.45) is 0 Å². The smallest absolute Gasteiger partial charge is 0.339 e. The van der Waals surface area contributed by atoms with Gasteiger partial charge in [0, 0.05) is 11.1 Å². The average Bonchev–Trinajstić information content (AvgIpc) is 3.18. The second-order valence-corrected chi connectivity index (χ2v) is 7.11. The zero-order valence-electron chi connectivity index (χ0n) is 16.5. The number of aryl methyl sites for hydroxylation is 2. The Bertz CT molecular complexity index is 1110. The number of rotatable bonds is 5. The normalized spacial score (nSPS) is 12.5. The minimum absolute atomic E-state index is 0.374. The molecule has 0 fully saturated rings. The summed E-state index contributed by atoms with van der Waals surface area (Å²) in [6.07, 6.45) is 2.62. The fraction of sp³-hybridized carbons (Fsp3) is 0.261. The Morgan fingerprint density at radius 3 is 2.79 bits per heavy atom. The molecule has 0 bridgehead atoms. The number of hydrogen-bond acceptors (Lipinski definition) is 5. The Kier molecular flexibility index (Phi) is 5.16. The molecule has 1 N–H and O–H groups in total. The van der Waals surface area contributed by atoms with Crippen LogP contribution in [0.15, 0.2) is 42.5 Å². The number of ether oxygens (including phenoxy) is 2. The Hall–Kier alpha value is -3.41. The number of para-hydroxylation sites is 1. The first-order valence-corrected chi connectivity index (χ1v) is 9.59. The number of aromatic nitrogens is 1. The van der Waals surface area contributed by atoms with Gasteiger partial charge in [0.05, 0.1) is 23.9 Å². The number of carbonyl (C=O) groups is 2. The van der Waals surface area contributed by atoms with Crippen LogP contribution in [0, 0.1) is 6.92 Å². The highest BCUT2D eigenvalue weighted by atomic mass is 16.5. The molecule has 148 valence electrons. The number of pyridine rings is 1. The van der Waals surface area contributed by atoms with Gasteiger partial charge < -0.3 is 14.8 Å². The van der Waals surface area contributed by atoms with Gasteiger partial charge in [-0.1, -0.05) is 24.3 Å². The third kappa shape index (κ3) is 3.78. The number of fused-ring (bicyclic) bond motifs is 2. The van der Waals surface area contributed by atoms with Gasteiger partial charge >= 0.3 is 5.97 Å². The van der Waals surface area contributed by atoms with E-state index < -0.39 is 11.9 Å². The minimum atomic E-state index is -0.492. The van der Waals surface area contributed by atoms with Gasteiger partial charge in [0.1, 0.15) is 5.75 Å². The Balaban J connectivity index is 1.52. The number of anilines is 1. The Morgan fingerprint density at radius 1 is 1.14 bits per heavy atom. The first-order chi connectivity index (χ1) is 14.1. The number of hydrogen-bond donors (Lipinski definition) is 1. The third-order valence-corrected chi connectivity index (χ3v) is 5.09. The molecule has 29 heavy (non-hydrogen) atoms. The molecule has 6 heteroatoms. The maximum atomic E-state index is 12.9. The highest BCUT2D eigenvalue weighted by Gasteiger charge is 2.25. The maximum Gasteiger partial charge on any atom is 0.339 e. The van der Waals surface area contributed by atoms with Crippen molar-refractivity contribution in [3.63, 3.8) is 0 Å². The van der Waals surface area contributed by atoms with Crippen molar-refractivity contribution < 1.29 is 19.1 Å². The van der Waals surface area contributed by atoms with E-state index in [-0.39, 0.29) is 6.61 Å². The van der Waals surface area contributed by atoms with Crippen LogP contribution in [0.5, 0.6) is 5.75 Å². The fourth-order valence-corrected chi connectivity index (χ4v) is 3.75. The molecule has 6 nitrogen and oxygen atoms in total. The molecule has 0 saturated heterocycles. The number of amides is 1. The van der Waals surface area contributed by atoms with E-state index in [1.165, 1.54) is 7.11 Å². The van der Waals surface area contributed by atoms with Gasteiger partial charge in [-0.3, -0.25) is 9.78 Å². The van der Waals surface area contributed by atoms with Crippen LogP contribution < -0.4 is 10.1 Å². The Labute approximate surface area is 168 Å². The van der Waals surface area contributed by atoms with Gasteiger partial charge in [-0.05, 0) is 55.5 Å². The lowest BCUT2D eigenvalue weighted by atomic mass is 10.0. The summed E-state index contributed by atoms with van der Waals surface area (Å²) in [5.41, 5.74) is 4.72. The topological polar surface area (TPSA) is 77.5 Å². The average molecular weight is 390 g/mol. The molecule has 3 aromatic rings. The van der Waals surface area contributed by atoms with E-state index in [1.807, 2.05) is 43.3 Å². The fourth-order valence-electron chi connectivity index (χ4n) is 3.75. The van der Waals surface area contributed by atoms with Crippen molar-refractivity contribution in [1.82, 2.24) is 4.98 Å². The van der Waals surface area contributed by atoms with Crippen molar-refractivity contribution in [3.05, 3.63) is 64.8 Å². The Morgan fingerprint density at radius 2 is 1.97 bits per heavy atom. The minimum Gasteiger partial charge on any atom is -0.495 e. The zero-order valence-corrected chi connectivity index (χ0v) is 16.5. The van der Waals surface area contributed by atoms with Crippen molar-refractivity contribution >= 4 is 28.5 Å². The summed E-state index contributed by atoms with van der Waals surface area (Å²) in [4.78, 5) is 29.9. The lowest BCUT2D eigenvalue weighted by molar-refractivity contribution is -0.119. The van der Waals surface area contributed by atoms with Crippen LogP contribution in [-0.2, 0) is 22.4 Å². The second kappa shape index (κ2) is 7.91. The third-order valence-electron chi connectivity index (χ3n) is 5.09. The zero-order chi connectivity index (χ0) is 20.4. The molecule has 0 spiro atoms. The van der Waals surface area contributed by atoms with E-state index in [4.69, 9.17) is 9.47 Å². The summed E-state index contributed by atoms with van der Waals surface area (Å²) in [5.74, 6) is -0.362. The molecule has 4 rings (SSSR count). The largest absolute Gasteiger partial charge is 0.495 e. The van der Waals surface area contributed by atoms with Gasteiger partial charge in [-0.2, -0.15) is 0 Å². The van der Waals surface area contributed by atoms with E-state index in [9.17, 15) is 9.59 Å².